The van der Waals surface area contributed by atoms with E-state index in [0.717, 1.165) is 34.9 Å². The zero-order valence-corrected chi connectivity index (χ0v) is 14.3. The fraction of sp³-hybridized carbons (Fsp3) is 0.471. The number of aryl methyl sites for hydroxylation is 2. The number of rotatable bonds is 5. The van der Waals surface area contributed by atoms with Crippen LogP contribution in [0.4, 0.5) is 0 Å². The molecule has 2 aromatic rings. The minimum absolute atomic E-state index is 0.589. The third-order valence-electron chi connectivity index (χ3n) is 3.95. The van der Waals surface area contributed by atoms with Gasteiger partial charge in [0.15, 0.2) is 0 Å². The molecule has 0 saturated carbocycles. The number of benzene rings is 1. The molecule has 0 radical (unpaired) electrons. The Morgan fingerprint density at radius 2 is 2.00 bits per heavy atom. The van der Waals surface area contributed by atoms with Gasteiger partial charge in [-0.2, -0.15) is 5.10 Å². The Labute approximate surface area is 132 Å². The van der Waals surface area contributed by atoms with Gasteiger partial charge in [-0.15, -0.1) is 0 Å². The third kappa shape index (κ3) is 3.47. The molecule has 1 heterocycles. The molecular weight excluding hydrogens is 282 g/mol. The van der Waals surface area contributed by atoms with E-state index in [-0.39, 0.29) is 0 Å². The highest BCUT2D eigenvalue weighted by atomic mass is 35.5. The molecule has 2 rings (SSSR count). The van der Waals surface area contributed by atoms with Crippen LogP contribution in [-0.4, -0.2) is 23.4 Å². The van der Waals surface area contributed by atoms with Crippen LogP contribution in [0.3, 0.4) is 0 Å². The first-order valence-electron chi connectivity index (χ1n) is 7.40. The first kappa shape index (κ1) is 16.1. The van der Waals surface area contributed by atoms with E-state index >= 15 is 0 Å². The van der Waals surface area contributed by atoms with Crippen LogP contribution in [-0.2, 0) is 6.42 Å². The highest BCUT2D eigenvalue weighted by Crippen LogP contribution is 2.24. The van der Waals surface area contributed by atoms with Gasteiger partial charge < -0.3 is 5.32 Å². The monoisotopic (exact) mass is 305 g/mol. The summed E-state index contributed by atoms with van der Waals surface area (Å²) in [6.07, 6.45) is 1.04. The average molecular weight is 306 g/mol. The lowest BCUT2D eigenvalue weighted by Crippen LogP contribution is -2.18. The Balaban J connectivity index is 2.36. The van der Waals surface area contributed by atoms with Gasteiger partial charge in [0.1, 0.15) is 0 Å². The summed E-state index contributed by atoms with van der Waals surface area (Å²) in [5.74, 6) is 0.589. The van der Waals surface area contributed by atoms with Gasteiger partial charge in [-0.05, 0) is 70.0 Å². The molecule has 1 atom stereocenters. The van der Waals surface area contributed by atoms with E-state index in [2.05, 4.69) is 32.2 Å². The molecule has 0 spiro atoms. The lowest BCUT2D eigenvalue weighted by atomic mass is 9.99. The molecule has 0 saturated heterocycles. The largest absolute Gasteiger partial charge is 0.319 e. The van der Waals surface area contributed by atoms with Gasteiger partial charge in [-0.3, -0.25) is 0 Å². The highest BCUT2D eigenvalue weighted by molar-refractivity contribution is 6.31. The average Bonchev–Trinajstić information content (AvgIpc) is 2.70. The summed E-state index contributed by atoms with van der Waals surface area (Å²) in [6, 6.07) is 6.09. The van der Waals surface area contributed by atoms with Crippen LogP contribution in [0.25, 0.3) is 5.69 Å². The van der Waals surface area contributed by atoms with Crippen molar-refractivity contribution in [3.05, 3.63) is 45.7 Å². The summed E-state index contributed by atoms with van der Waals surface area (Å²) in [4.78, 5) is 0. The van der Waals surface area contributed by atoms with Gasteiger partial charge in [-0.25, -0.2) is 4.68 Å². The number of nitrogens with one attached hydrogen (secondary N) is 1. The second-order valence-electron chi connectivity index (χ2n) is 5.86. The summed E-state index contributed by atoms with van der Waals surface area (Å²) in [7, 11) is 1.99. The number of hydrogen-bond acceptors (Lipinski definition) is 2. The summed E-state index contributed by atoms with van der Waals surface area (Å²) in [5, 5.41) is 8.72. The van der Waals surface area contributed by atoms with Crippen LogP contribution in [0.5, 0.6) is 0 Å². The normalized spacial score (nSPS) is 12.7. The molecule has 1 aromatic carbocycles. The molecular formula is C17H24ClN3. The Kier molecular flexibility index (Phi) is 5.07. The van der Waals surface area contributed by atoms with Gasteiger partial charge in [0.2, 0.25) is 0 Å². The lowest BCUT2D eigenvalue weighted by molar-refractivity contribution is 0.539. The van der Waals surface area contributed by atoms with Crippen LogP contribution >= 0.6 is 11.6 Å². The first-order chi connectivity index (χ1) is 9.93. The van der Waals surface area contributed by atoms with E-state index in [0.29, 0.717) is 5.92 Å². The Hall–Kier alpha value is -1.32. The number of aromatic nitrogens is 2. The van der Waals surface area contributed by atoms with E-state index in [1.807, 2.05) is 30.8 Å². The van der Waals surface area contributed by atoms with E-state index in [1.165, 1.54) is 11.3 Å². The van der Waals surface area contributed by atoms with Crippen molar-refractivity contribution in [3.8, 4) is 5.69 Å². The SMILES string of the molecule is CNCC(C)Cc1c(C)nn(-c2ccc(C)c(Cl)c2)c1C. The summed E-state index contributed by atoms with van der Waals surface area (Å²) in [6.45, 7) is 9.50. The first-order valence-corrected chi connectivity index (χ1v) is 7.78. The van der Waals surface area contributed by atoms with Crippen LogP contribution in [0.1, 0.15) is 29.4 Å². The van der Waals surface area contributed by atoms with Crippen molar-refractivity contribution >= 4 is 11.6 Å². The molecule has 3 nitrogen and oxygen atoms in total. The van der Waals surface area contributed by atoms with E-state index in [9.17, 15) is 0 Å². The topological polar surface area (TPSA) is 29.9 Å². The van der Waals surface area contributed by atoms with Crippen molar-refractivity contribution in [3.63, 3.8) is 0 Å². The molecule has 4 heteroatoms. The zero-order valence-electron chi connectivity index (χ0n) is 13.5. The number of nitrogens with zero attached hydrogens (tertiary/aromatic N) is 2. The Morgan fingerprint density at radius 1 is 1.29 bits per heavy atom. The van der Waals surface area contributed by atoms with Crippen LogP contribution in [0, 0.1) is 26.7 Å². The Morgan fingerprint density at radius 3 is 2.62 bits per heavy atom. The second-order valence-corrected chi connectivity index (χ2v) is 6.27. The van der Waals surface area contributed by atoms with Gasteiger partial charge in [0.25, 0.3) is 0 Å². The summed E-state index contributed by atoms with van der Waals surface area (Å²) in [5.41, 5.74) is 5.76. The molecule has 114 valence electrons. The molecule has 0 aliphatic heterocycles. The molecule has 0 aliphatic rings. The van der Waals surface area contributed by atoms with E-state index in [4.69, 9.17) is 16.7 Å². The van der Waals surface area contributed by atoms with Crippen molar-refractivity contribution < 1.29 is 0 Å². The maximum Gasteiger partial charge on any atom is 0.0663 e. The van der Waals surface area contributed by atoms with E-state index in [1.54, 1.807) is 0 Å². The molecule has 1 aromatic heterocycles. The van der Waals surface area contributed by atoms with Crippen molar-refractivity contribution in [2.75, 3.05) is 13.6 Å². The smallest absolute Gasteiger partial charge is 0.0663 e. The fourth-order valence-corrected chi connectivity index (χ4v) is 2.88. The second kappa shape index (κ2) is 6.63. The maximum atomic E-state index is 6.24. The fourth-order valence-electron chi connectivity index (χ4n) is 2.70. The van der Waals surface area contributed by atoms with E-state index < -0.39 is 0 Å². The van der Waals surface area contributed by atoms with Gasteiger partial charge in [-0.1, -0.05) is 24.6 Å². The molecule has 21 heavy (non-hydrogen) atoms. The molecule has 1 N–H and O–H groups in total. The van der Waals surface area contributed by atoms with Crippen molar-refractivity contribution in [1.29, 1.82) is 0 Å². The molecule has 0 aliphatic carbocycles. The van der Waals surface area contributed by atoms with Gasteiger partial charge in [0.05, 0.1) is 11.4 Å². The summed E-state index contributed by atoms with van der Waals surface area (Å²) >= 11 is 6.24. The van der Waals surface area contributed by atoms with Crippen LogP contribution in [0.2, 0.25) is 5.02 Å². The number of halogens is 1. The molecule has 0 fully saturated rings. The minimum atomic E-state index is 0.589. The van der Waals surface area contributed by atoms with Crippen LogP contribution < -0.4 is 5.32 Å². The quantitative estimate of drug-likeness (QED) is 0.909. The Bertz CT molecular complexity index is 631. The molecule has 1 unspecified atom stereocenters. The third-order valence-corrected chi connectivity index (χ3v) is 4.35. The minimum Gasteiger partial charge on any atom is -0.319 e. The van der Waals surface area contributed by atoms with Gasteiger partial charge in [0, 0.05) is 10.7 Å². The number of hydrogen-bond donors (Lipinski definition) is 1. The lowest BCUT2D eigenvalue weighted by Gasteiger charge is -2.11. The maximum absolute atomic E-state index is 6.24. The molecule has 0 amide bonds. The zero-order chi connectivity index (χ0) is 15.6. The van der Waals surface area contributed by atoms with Crippen LogP contribution in [0.15, 0.2) is 18.2 Å². The van der Waals surface area contributed by atoms with Gasteiger partial charge >= 0.3 is 0 Å². The predicted molar refractivity (Wildman–Crippen MR) is 89.6 cm³/mol. The van der Waals surface area contributed by atoms with Crippen molar-refractivity contribution in [2.45, 2.75) is 34.1 Å². The van der Waals surface area contributed by atoms with Crippen molar-refractivity contribution in [2.24, 2.45) is 5.92 Å². The standard InChI is InChI=1S/C17H24ClN3/c1-11(10-19-5)8-16-13(3)20-21(14(16)4)15-7-6-12(2)17(18)9-15/h6-7,9,11,19H,8,10H2,1-5H3. The molecule has 0 bridgehead atoms. The summed E-state index contributed by atoms with van der Waals surface area (Å²) < 4.78 is 2.00. The van der Waals surface area contributed by atoms with Crippen molar-refractivity contribution in [1.82, 2.24) is 15.1 Å². The highest BCUT2D eigenvalue weighted by Gasteiger charge is 2.15. The predicted octanol–water partition coefficient (Wildman–Crippen LogP) is 3.85.